The van der Waals surface area contributed by atoms with E-state index in [1.807, 2.05) is 26.0 Å². The van der Waals surface area contributed by atoms with Gasteiger partial charge in [-0.3, -0.25) is 0 Å². The number of rotatable bonds is 4. The molecule has 1 aromatic carbocycles. The molecule has 0 aliphatic carbocycles. The molecule has 0 aliphatic heterocycles. The van der Waals surface area contributed by atoms with E-state index in [0.717, 1.165) is 38.4 Å². The van der Waals surface area contributed by atoms with Gasteiger partial charge in [0.1, 0.15) is 22.4 Å². The number of aromatic nitrogens is 2. The topological polar surface area (TPSA) is 49.8 Å². The summed E-state index contributed by atoms with van der Waals surface area (Å²) in [7, 11) is 0. The molecule has 1 heterocycles. The first-order chi connectivity index (χ1) is 9.11. The molecule has 0 spiro atoms. The van der Waals surface area contributed by atoms with Crippen LogP contribution in [0.1, 0.15) is 12.5 Å². The van der Waals surface area contributed by atoms with E-state index in [4.69, 9.17) is 0 Å². The minimum atomic E-state index is 0.747. The zero-order valence-corrected chi connectivity index (χ0v) is 13.8. The zero-order valence-electron chi connectivity index (χ0n) is 10.7. The molecule has 2 N–H and O–H groups in total. The van der Waals surface area contributed by atoms with Crippen LogP contribution in [0.2, 0.25) is 0 Å². The zero-order chi connectivity index (χ0) is 13.8. The van der Waals surface area contributed by atoms with E-state index in [9.17, 15) is 0 Å². The van der Waals surface area contributed by atoms with Gasteiger partial charge in [0.15, 0.2) is 0 Å². The fourth-order valence-corrected chi connectivity index (χ4v) is 2.56. The number of hydrogen-bond donors (Lipinski definition) is 2. The van der Waals surface area contributed by atoms with E-state index in [1.165, 1.54) is 0 Å². The van der Waals surface area contributed by atoms with Crippen molar-refractivity contribution in [3.8, 4) is 0 Å². The summed E-state index contributed by atoms with van der Waals surface area (Å²) in [6, 6.07) is 6.07. The Morgan fingerprint density at radius 2 is 1.89 bits per heavy atom. The second-order valence-corrected chi connectivity index (χ2v) is 5.71. The fourth-order valence-electron chi connectivity index (χ4n) is 1.64. The van der Waals surface area contributed by atoms with Gasteiger partial charge in [0.25, 0.3) is 0 Å². The van der Waals surface area contributed by atoms with Crippen molar-refractivity contribution in [2.45, 2.75) is 13.8 Å². The highest BCUT2D eigenvalue weighted by molar-refractivity contribution is 9.11. The van der Waals surface area contributed by atoms with Crippen LogP contribution in [0, 0.1) is 6.92 Å². The summed E-state index contributed by atoms with van der Waals surface area (Å²) >= 11 is 6.98. The van der Waals surface area contributed by atoms with E-state index >= 15 is 0 Å². The molecule has 0 atom stereocenters. The number of anilines is 3. The van der Waals surface area contributed by atoms with Crippen molar-refractivity contribution in [3.05, 3.63) is 39.0 Å². The van der Waals surface area contributed by atoms with E-state index in [-0.39, 0.29) is 0 Å². The lowest BCUT2D eigenvalue weighted by Gasteiger charge is -2.12. The quantitative estimate of drug-likeness (QED) is 0.814. The molecule has 0 fully saturated rings. The van der Waals surface area contributed by atoms with Gasteiger partial charge < -0.3 is 10.6 Å². The fraction of sp³-hybridized carbons (Fsp3) is 0.231. The molecule has 0 radical (unpaired) electrons. The molecule has 0 unspecified atom stereocenters. The van der Waals surface area contributed by atoms with Gasteiger partial charge >= 0.3 is 0 Å². The van der Waals surface area contributed by atoms with Crippen LogP contribution in [0.25, 0.3) is 0 Å². The van der Waals surface area contributed by atoms with Gasteiger partial charge in [0.2, 0.25) is 0 Å². The van der Waals surface area contributed by atoms with Crippen LogP contribution in [0.5, 0.6) is 0 Å². The summed E-state index contributed by atoms with van der Waals surface area (Å²) in [6.07, 6.45) is 1.54. The van der Waals surface area contributed by atoms with Crippen LogP contribution >= 0.6 is 31.9 Å². The molecule has 2 rings (SSSR count). The van der Waals surface area contributed by atoms with Crippen LogP contribution in [0.3, 0.4) is 0 Å². The summed E-state index contributed by atoms with van der Waals surface area (Å²) in [5.41, 5.74) is 2.16. The van der Waals surface area contributed by atoms with E-state index in [0.29, 0.717) is 0 Å². The molecular formula is C13H14Br2N4. The summed E-state index contributed by atoms with van der Waals surface area (Å²) in [5.74, 6) is 1.53. The van der Waals surface area contributed by atoms with Gasteiger partial charge in [-0.15, -0.1) is 0 Å². The second kappa shape index (κ2) is 6.34. The molecule has 0 aliphatic rings. The molecule has 0 saturated heterocycles. The monoisotopic (exact) mass is 384 g/mol. The Labute approximate surface area is 129 Å². The van der Waals surface area contributed by atoms with Crippen LogP contribution < -0.4 is 10.6 Å². The first-order valence-electron chi connectivity index (χ1n) is 5.89. The van der Waals surface area contributed by atoms with Crippen molar-refractivity contribution in [1.82, 2.24) is 9.97 Å². The van der Waals surface area contributed by atoms with E-state index in [1.54, 1.807) is 6.33 Å². The largest absolute Gasteiger partial charge is 0.369 e. The average molecular weight is 386 g/mol. The highest BCUT2D eigenvalue weighted by Gasteiger charge is 2.09. The predicted octanol–water partition coefficient (Wildman–Crippen LogP) is 4.49. The Bertz CT molecular complexity index is 587. The normalized spacial score (nSPS) is 10.3. The molecule has 0 saturated carbocycles. The summed E-state index contributed by atoms with van der Waals surface area (Å²) in [4.78, 5) is 8.45. The van der Waals surface area contributed by atoms with Gasteiger partial charge in [-0.05, 0) is 53.5 Å². The average Bonchev–Trinajstić information content (AvgIpc) is 2.37. The minimum absolute atomic E-state index is 0.747. The number of benzene rings is 1. The Balaban J connectivity index is 2.30. The second-order valence-electron chi connectivity index (χ2n) is 4.00. The molecule has 1 aromatic heterocycles. The first kappa shape index (κ1) is 14.3. The Morgan fingerprint density at radius 3 is 2.58 bits per heavy atom. The Morgan fingerprint density at radius 1 is 1.16 bits per heavy atom. The number of hydrogen-bond acceptors (Lipinski definition) is 4. The van der Waals surface area contributed by atoms with Gasteiger partial charge in [-0.2, -0.15) is 0 Å². The van der Waals surface area contributed by atoms with Gasteiger partial charge in [0.05, 0.1) is 0 Å². The van der Waals surface area contributed by atoms with Crippen molar-refractivity contribution in [2.75, 3.05) is 17.2 Å². The highest BCUT2D eigenvalue weighted by atomic mass is 79.9. The first-order valence-corrected chi connectivity index (χ1v) is 7.48. The molecule has 6 heteroatoms. The molecule has 100 valence electrons. The predicted molar refractivity (Wildman–Crippen MR) is 86.1 cm³/mol. The lowest BCUT2D eigenvalue weighted by atomic mass is 10.2. The van der Waals surface area contributed by atoms with Crippen LogP contribution in [0.15, 0.2) is 33.5 Å². The van der Waals surface area contributed by atoms with Crippen molar-refractivity contribution in [3.63, 3.8) is 0 Å². The number of nitrogens with one attached hydrogen (secondary N) is 2. The number of halogens is 2. The molecule has 0 bridgehead atoms. The summed E-state index contributed by atoms with van der Waals surface area (Å²) in [6.45, 7) is 4.89. The lowest BCUT2D eigenvalue weighted by molar-refractivity contribution is 1.10. The van der Waals surface area contributed by atoms with E-state index < -0.39 is 0 Å². The summed E-state index contributed by atoms with van der Waals surface area (Å²) in [5, 5.41) is 6.49. The summed E-state index contributed by atoms with van der Waals surface area (Å²) < 4.78 is 1.89. The number of aryl methyl sites for hydroxylation is 1. The maximum absolute atomic E-state index is 4.26. The third-order valence-electron chi connectivity index (χ3n) is 2.58. The van der Waals surface area contributed by atoms with Crippen molar-refractivity contribution in [2.24, 2.45) is 0 Å². The maximum atomic E-state index is 4.26. The van der Waals surface area contributed by atoms with Crippen molar-refractivity contribution in [1.29, 1.82) is 0 Å². The molecule has 4 nitrogen and oxygen atoms in total. The number of nitrogens with zero attached hydrogens (tertiary/aromatic N) is 2. The van der Waals surface area contributed by atoms with E-state index in [2.05, 4.69) is 58.5 Å². The van der Waals surface area contributed by atoms with Gasteiger partial charge in [-0.25, -0.2) is 9.97 Å². The van der Waals surface area contributed by atoms with Crippen molar-refractivity contribution < 1.29 is 0 Å². The van der Waals surface area contributed by atoms with Gasteiger partial charge in [0, 0.05) is 16.7 Å². The van der Waals surface area contributed by atoms with Crippen LogP contribution in [-0.4, -0.2) is 16.5 Å². The third-order valence-corrected chi connectivity index (χ3v) is 3.82. The maximum Gasteiger partial charge on any atom is 0.150 e. The SMILES string of the molecule is CCNc1ncnc(Nc2ccc(Br)cc2C)c1Br. The molecule has 19 heavy (non-hydrogen) atoms. The van der Waals surface area contributed by atoms with Crippen molar-refractivity contribution >= 4 is 49.2 Å². The Hall–Kier alpha value is -1.14. The smallest absolute Gasteiger partial charge is 0.150 e. The van der Waals surface area contributed by atoms with Crippen LogP contribution in [0.4, 0.5) is 17.3 Å². The minimum Gasteiger partial charge on any atom is -0.369 e. The Kier molecular flexibility index (Phi) is 4.76. The highest BCUT2D eigenvalue weighted by Crippen LogP contribution is 2.30. The molecular weight excluding hydrogens is 372 g/mol. The third kappa shape index (κ3) is 3.45. The lowest BCUT2D eigenvalue weighted by Crippen LogP contribution is -2.04. The standard InChI is InChI=1S/C13H14Br2N4/c1-3-16-12-11(15)13(18-7-17-12)19-10-5-4-9(14)6-8(10)2/h4-7H,3H2,1-2H3,(H2,16,17,18,19). The van der Waals surface area contributed by atoms with Gasteiger partial charge in [-0.1, -0.05) is 15.9 Å². The molecule has 0 amide bonds. The van der Waals surface area contributed by atoms with Crippen LogP contribution in [-0.2, 0) is 0 Å². The molecule has 2 aromatic rings.